The predicted octanol–water partition coefficient (Wildman–Crippen LogP) is 2.56. The van der Waals surface area contributed by atoms with Gasteiger partial charge in [0.05, 0.1) is 24.5 Å². The largest absolute Gasteiger partial charge is 0.323 e. The average molecular weight is 301 g/mol. The van der Waals surface area contributed by atoms with Crippen molar-refractivity contribution in [2.45, 2.75) is 25.9 Å². The van der Waals surface area contributed by atoms with E-state index in [1.165, 1.54) is 4.88 Å². The Morgan fingerprint density at radius 2 is 2.44 bits per heavy atom. The van der Waals surface area contributed by atoms with Crippen molar-refractivity contribution in [2.75, 3.05) is 0 Å². The van der Waals surface area contributed by atoms with Crippen LogP contribution in [-0.2, 0) is 6.54 Å². The number of rotatable bonds is 4. The third-order valence-electron chi connectivity index (χ3n) is 2.32. The minimum Gasteiger partial charge on any atom is -0.323 e. The van der Waals surface area contributed by atoms with Crippen molar-refractivity contribution in [3.63, 3.8) is 0 Å². The molecule has 2 aromatic rings. The summed E-state index contributed by atoms with van der Waals surface area (Å²) in [4.78, 5) is 1.24. The van der Waals surface area contributed by atoms with E-state index < -0.39 is 0 Å². The molecule has 0 bridgehead atoms. The van der Waals surface area contributed by atoms with Crippen molar-refractivity contribution in [2.24, 2.45) is 5.73 Å². The van der Waals surface area contributed by atoms with Gasteiger partial charge < -0.3 is 5.73 Å². The van der Waals surface area contributed by atoms with Crippen LogP contribution < -0.4 is 5.73 Å². The predicted molar refractivity (Wildman–Crippen MR) is 68.4 cm³/mol. The van der Waals surface area contributed by atoms with Gasteiger partial charge in [0.1, 0.15) is 0 Å². The van der Waals surface area contributed by atoms with E-state index in [0.29, 0.717) is 0 Å². The molecule has 1 atom stereocenters. The molecule has 4 nitrogen and oxygen atoms in total. The van der Waals surface area contributed by atoms with Crippen LogP contribution in [0.2, 0.25) is 0 Å². The molecule has 6 heteroatoms. The molecule has 0 aliphatic rings. The molecule has 2 aromatic heterocycles. The minimum atomic E-state index is -0.0104. The fourth-order valence-electron chi connectivity index (χ4n) is 1.37. The standard InChI is InChI=1S/C10H13BrN4S/c1-2-9(12)10-5-15(14-13-10)4-8-3-7(11)6-16-8/h3,5-6,9H,2,4,12H2,1H3. The van der Waals surface area contributed by atoms with E-state index in [1.54, 1.807) is 11.3 Å². The highest BCUT2D eigenvalue weighted by molar-refractivity contribution is 9.10. The van der Waals surface area contributed by atoms with Gasteiger partial charge in [-0.05, 0) is 28.4 Å². The number of aromatic nitrogens is 3. The summed E-state index contributed by atoms with van der Waals surface area (Å²) in [6.45, 7) is 2.79. The van der Waals surface area contributed by atoms with E-state index in [-0.39, 0.29) is 6.04 Å². The molecule has 0 saturated carbocycles. The van der Waals surface area contributed by atoms with Crippen LogP contribution in [0.25, 0.3) is 0 Å². The lowest BCUT2D eigenvalue weighted by molar-refractivity contribution is 0.649. The van der Waals surface area contributed by atoms with E-state index in [1.807, 2.05) is 17.8 Å². The smallest absolute Gasteiger partial charge is 0.0994 e. The molecule has 16 heavy (non-hydrogen) atoms. The first kappa shape index (κ1) is 11.8. The van der Waals surface area contributed by atoms with Crippen LogP contribution in [0.4, 0.5) is 0 Å². The van der Waals surface area contributed by atoms with Crippen LogP contribution in [0.3, 0.4) is 0 Å². The number of nitrogens with two attached hydrogens (primary N) is 1. The van der Waals surface area contributed by atoms with Gasteiger partial charge in [0, 0.05) is 14.7 Å². The summed E-state index contributed by atoms with van der Waals surface area (Å²) in [5.74, 6) is 0. The highest BCUT2D eigenvalue weighted by Gasteiger charge is 2.08. The van der Waals surface area contributed by atoms with Crippen LogP contribution in [-0.4, -0.2) is 15.0 Å². The molecule has 0 aliphatic carbocycles. The normalized spacial score (nSPS) is 12.9. The SMILES string of the molecule is CCC(N)c1cn(Cc2cc(Br)cs2)nn1. The van der Waals surface area contributed by atoms with Gasteiger partial charge in [0.25, 0.3) is 0 Å². The molecular formula is C10H13BrN4S. The van der Waals surface area contributed by atoms with Crippen molar-refractivity contribution in [1.82, 2.24) is 15.0 Å². The Bertz CT molecular complexity index is 465. The molecule has 86 valence electrons. The average Bonchev–Trinajstić information content (AvgIpc) is 2.87. The number of thiophene rings is 1. The quantitative estimate of drug-likeness (QED) is 0.944. The summed E-state index contributed by atoms with van der Waals surface area (Å²) in [5.41, 5.74) is 6.74. The van der Waals surface area contributed by atoms with Gasteiger partial charge in [-0.15, -0.1) is 16.4 Å². The number of hydrogen-bond acceptors (Lipinski definition) is 4. The van der Waals surface area contributed by atoms with Crippen LogP contribution in [0.5, 0.6) is 0 Å². The van der Waals surface area contributed by atoms with E-state index in [0.717, 1.165) is 23.1 Å². The highest BCUT2D eigenvalue weighted by Crippen LogP contribution is 2.20. The summed E-state index contributed by atoms with van der Waals surface area (Å²) in [6.07, 6.45) is 2.80. The molecule has 1 unspecified atom stereocenters. The van der Waals surface area contributed by atoms with E-state index in [2.05, 4.69) is 37.7 Å². The Hall–Kier alpha value is -0.720. The fourth-order valence-corrected chi connectivity index (χ4v) is 2.81. The number of halogens is 1. The van der Waals surface area contributed by atoms with Gasteiger partial charge >= 0.3 is 0 Å². The molecule has 0 spiro atoms. The summed E-state index contributed by atoms with van der Waals surface area (Å²) >= 11 is 5.13. The molecule has 2 heterocycles. The maximum atomic E-state index is 5.88. The van der Waals surface area contributed by atoms with Gasteiger partial charge in [-0.25, -0.2) is 4.68 Å². The van der Waals surface area contributed by atoms with Gasteiger partial charge in [0.2, 0.25) is 0 Å². The number of hydrogen-bond donors (Lipinski definition) is 1. The third kappa shape index (κ3) is 2.69. The van der Waals surface area contributed by atoms with E-state index in [9.17, 15) is 0 Å². The fraction of sp³-hybridized carbons (Fsp3) is 0.400. The first-order valence-electron chi connectivity index (χ1n) is 5.07. The lowest BCUT2D eigenvalue weighted by Gasteiger charge is -2.01. The Balaban J connectivity index is 2.08. The van der Waals surface area contributed by atoms with Gasteiger partial charge in [0.15, 0.2) is 0 Å². The lowest BCUT2D eigenvalue weighted by atomic mass is 10.2. The minimum absolute atomic E-state index is 0.0104. The van der Waals surface area contributed by atoms with E-state index in [4.69, 9.17) is 5.73 Å². The van der Waals surface area contributed by atoms with Gasteiger partial charge in [-0.3, -0.25) is 0 Å². The Morgan fingerprint density at radius 3 is 3.06 bits per heavy atom. The molecule has 0 fully saturated rings. The summed E-state index contributed by atoms with van der Waals surface area (Å²) < 4.78 is 2.93. The monoisotopic (exact) mass is 300 g/mol. The Kier molecular flexibility index (Phi) is 3.73. The molecular weight excluding hydrogens is 288 g/mol. The Morgan fingerprint density at radius 1 is 1.62 bits per heavy atom. The second-order valence-electron chi connectivity index (χ2n) is 3.59. The van der Waals surface area contributed by atoms with Crippen molar-refractivity contribution in [3.8, 4) is 0 Å². The van der Waals surface area contributed by atoms with Gasteiger partial charge in [-0.1, -0.05) is 12.1 Å². The second-order valence-corrected chi connectivity index (χ2v) is 5.50. The molecule has 2 N–H and O–H groups in total. The Labute approximate surface area is 107 Å². The zero-order chi connectivity index (χ0) is 11.5. The molecule has 0 aromatic carbocycles. The lowest BCUT2D eigenvalue weighted by Crippen LogP contribution is -2.08. The van der Waals surface area contributed by atoms with Crippen LogP contribution in [0.15, 0.2) is 22.1 Å². The maximum Gasteiger partial charge on any atom is 0.0994 e. The van der Waals surface area contributed by atoms with Crippen LogP contribution in [0.1, 0.15) is 30.0 Å². The summed E-state index contributed by atoms with van der Waals surface area (Å²) in [5, 5.41) is 10.2. The zero-order valence-electron chi connectivity index (χ0n) is 8.93. The molecule has 0 amide bonds. The van der Waals surface area contributed by atoms with Crippen molar-refractivity contribution in [3.05, 3.63) is 32.7 Å². The highest BCUT2D eigenvalue weighted by atomic mass is 79.9. The summed E-state index contributed by atoms with van der Waals surface area (Å²) in [6, 6.07) is 2.08. The first-order valence-corrected chi connectivity index (χ1v) is 6.75. The third-order valence-corrected chi connectivity index (χ3v) is 4.00. The number of nitrogens with zero attached hydrogens (tertiary/aromatic N) is 3. The second kappa shape index (κ2) is 5.07. The van der Waals surface area contributed by atoms with Gasteiger partial charge in [-0.2, -0.15) is 0 Å². The first-order chi connectivity index (χ1) is 7.69. The van der Waals surface area contributed by atoms with Crippen LogP contribution >= 0.6 is 27.3 Å². The van der Waals surface area contributed by atoms with E-state index >= 15 is 0 Å². The van der Waals surface area contributed by atoms with Crippen molar-refractivity contribution < 1.29 is 0 Å². The van der Waals surface area contributed by atoms with Crippen LogP contribution in [0, 0.1) is 0 Å². The topological polar surface area (TPSA) is 56.7 Å². The maximum absolute atomic E-state index is 5.88. The zero-order valence-corrected chi connectivity index (χ0v) is 11.3. The molecule has 0 saturated heterocycles. The summed E-state index contributed by atoms with van der Waals surface area (Å²) in [7, 11) is 0. The molecule has 0 radical (unpaired) electrons. The molecule has 2 rings (SSSR count). The van der Waals surface area contributed by atoms with Crippen molar-refractivity contribution >= 4 is 27.3 Å². The van der Waals surface area contributed by atoms with Crippen molar-refractivity contribution in [1.29, 1.82) is 0 Å². The molecule has 0 aliphatic heterocycles.